The molecule has 1 N–H and O–H groups in total. The monoisotopic (exact) mass is 427 g/mol. The Balaban J connectivity index is 1.44. The molecule has 0 radical (unpaired) electrons. The lowest BCUT2D eigenvalue weighted by Gasteiger charge is -2.06. The highest BCUT2D eigenvalue weighted by Crippen LogP contribution is 2.21. The first-order valence-electron chi connectivity index (χ1n) is 8.71. The Morgan fingerprint density at radius 1 is 1.07 bits per heavy atom. The normalized spacial score (nSPS) is 11.0. The topological polar surface area (TPSA) is 72.2 Å². The van der Waals surface area contributed by atoms with Crippen molar-refractivity contribution in [1.29, 1.82) is 0 Å². The molecule has 9 heteroatoms. The van der Waals surface area contributed by atoms with Crippen LogP contribution in [-0.4, -0.2) is 31.5 Å². The lowest BCUT2D eigenvalue weighted by atomic mass is 10.1. The molecule has 0 aliphatic carbocycles. The number of halogens is 2. The lowest BCUT2D eigenvalue weighted by molar-refractivity contribution is -0.118. The van der Waals surface area contributed by atoms with Crippen molar-refractivity contribution < 1.29 is 9.18 Å². The van der Waals surface area contributed by atoms with Gasteiger partial charge in [0.05, 0.1) is 11.4 Å². The molecule has 4 aromatic rings. The quantitative estimate of drug-likeness (QED) is 0.471. The summed E-state index contributed by atoms with van der Waals surface area (Å²) >= 11 is 7.33. The van der Waals surface area contributed by atoms with E-state index < -0.39 is 0 Å². The van der Waals surface area contributed by atoms with Crippen LogP contribution in [0.2, 0.25) is 5.02 Å². The van der Waals surface area contributed by atoms with Gasteiger partial charge in [0.1, 0.15) is 5.82 Å². The first kappa shape index (κ1) is 19.4. The van der Waals surface area contributed by atoms with Crippen LogP contribution < -0.4 is 5.32 Å². The summed E-state index contributed by atoms with van der Waals surface area (Å²) in [4.78, 5) is 12.2. The summed E-state index contributed by atoms with van der Waals surface area (Å²) in [6.07, 6.45) is 0. The number of thioether (sulfide) groups is 1. The number of hydrogen-bond acceptors (Lipinski definition) is 5. The zero-order valence-corrected chi connectivity index (χ0v) is 16.6. The summed E-state index contributed by atoms with van der Waals surface area (Å²) in [5.41, 5.74) is 2.85. The third-order valence-corrected chi connectivity index (χ3v) is 5.43. The van der Waals surface area contributed by atoms with E-state index in [0.29, 0.717) is 28.1 Å². The average molecular weight is 428 g/mol. The van der Waals surface area contributed by atoms with Crippen molar-refractivity contribution in [1.82, 2.24) is 25.1 Å². The predicted molar refractivity (Wildman–Crippen MR) is 110 cm³/mol. The first-order valence-corrected chi connectivity index (χ1v) is 10.1. The molecule has 6 nitrogen and oxygen atoms in total. The van der Waals surface area contributed by atoms with Crippen molar-refractivity contribution in [3.8, 4) is 11.3 Å². The van der Waals surface area contributed by atoms with Gasteiger partial charge in [-0.15, -0.1) is 10.2 Å². The number of rotatable bonds is 6. The van der Waals surface area contributed by atoms with E-state index in [1.54, 1.807) is 34.8 Å². The highest BCUT2D eigenvalue weighted by Gasteiger charge is 2.12. The number of hydrogen-bond donors (Lipinski definition) is 1. The summed E-state index contributed by atoms with van der Waals surface area (Å²) in [5, 5.41) is 16.6. The van der Waals surface area contributed by atoms with Crippen LogP contribution in [0.4, 0.5) is 4.39 Å². The van der Waals surface area contributed by atoms with Gasteiger partial charge < -0.3 is 5.32 Å². The van der Waals surface area contributed by atoms with E-state index in [-0.39, 0.29) is 17.5 Å². The highest BCUT2D eigenvalue weighted by atomic mass is 35.5. The smallest absolute Gasteiger partial charge is 0.230 e. The Bertz CT molecular complexity index is 1170. The van der Waals surface area contributed by atoms with Crippen molar-refractivity contribution in [2.45, 2.75) is 11.7 Å². The Kier molecular flexibility index (Phi) is 5.73. The van der Waals surface area contributed by atoms with Gasteiger partial charge in [0.25, 0.3) is 0 Å². The lowest BCUT2D eigenvalue weighted by Crippen LogP contribution is -2.24. The second-order valence-electron chi connectivity index (χ2n) is 6.13. The molecule has 0 spiro atoms. The third kappa shape index (κ3) is 4.55. The average Bonchev–Trinajstić information content (AvgIpc) is 3.14. The number of nitrogens with zero attached hydrogens (tertiary/aromatic N) is 4. The first-order chi connectivity index (χ1) is 14.1. The number of amides is 1. The molecule has 0 aliphatic rings. The second kappa shape index (κ2) is 8.59. The van der Waals surface area contributed by atoms with E-state index >= 15 is 0 Å². The number of benzene rings is 2. The predicted octanol–water partition coefficient (Wildman–Crippen LogP) is 3.99. The fourth-order valence-corrected chi connectivity index (χ4v) is 3.57. The molecule has 2 aromatic carbocycles. The van der Waals surface area contributed by atoms with Crippen LogP contribution >= 0.6 is 23.4 Å². The molecule has 0 saturated carbocycles. The minimum Gasteiger partial charge on any atom is -0.351 e. The van der Waals surface area contributed by atoms with Gasteiger partial charge in [-0.3, -0.25) is 4.79 Å². The maximum absolute atomic E-state index is 13.1. The number of nitrogens with one attached hydrogen (secondary N) is 1. The fraction of sp³-hybridized carbons (Fsp3) is 0.100. The van der Waals surface area contributed by atoms with Crippen molar-refractivity contribution in [2.24, 2.45) is 0 Å². The molecule has 146 valence electrons. The molecule has 29 heavy (non-hydrogen) atoms. The zero-order chi connectivity index (χ0) is 20.2. The van der Waals surface area contributed by atoms with Crippen LogP contribution in [0.3, 0.4) is 0 Å². The Labute approximate surface area is 175 Å². The van der Waals surface area contributed by atoms with Gasteiger partial charge in [-0.25, -0.2) is 4.39 Å². The van der Waals surface area contributed by atoms with Crippen molar-refractivity contribution in [3.05, 3.63) is 77.1 Å². The third-order valence-electron chi connectivity index (χ3n) is 4.14. The van der Waals surface area contributed by atoms with Crippen molar-refractivity contribution in [2.75, 3.05) is 5.75 Å². The maximum Gasteiger partial charge on any atom is 0.230 e. The highest BCUT2D eigenvalue weighted by molar-refractivity contribution is 7.99. The number of carbonyl (C=O) groups excluding carboxylic acids is 1. The number of aromatic nitrogens is 4. The Hall–Kier alpha value is -2.97. The van der Waals surface area contributed by atoms with Gasteiger partial charge in [-0.05, 0) is 48.0 Å². The minimum atomic E-state index is -0.307. The van der Waals surface area contributed by atoms with E-state index in [0.717, 1.165) is 11.1 Å². The molecule has 0 unspecified atom stereocenters. The standard InChI is InChI=1S/C20H15ClFN5OS/c21-16-4-2-1-3-14(16)11-23-19(28)12-29-20-25-24-18-10-9-17(26-27(18)20)13-5-7-15(22)8-6-13/h1-10H,11-12H2,(H,23,28). The molecular formula is C20H15ClFN5OS. The van der Waals surface area contributed by atoms with E-state index in [9.17, 15) is 9.18 Å². The van der Waals surface area contributed by atoms with Crippen LogP contribution in [0.25, 0.3) is 16.9 Å². The molecule has 2 aromatic heterocycles. The molecule has 0 bridgehead atoms. The van der Waals surface area contributed by atoms with Gasteiger partial charge in [-0.1, -0.05) is 41.6 Å². The summed E-state index contributed by atoms with van der Waals surface area (Å²) < 4.78 is 14.7. The van der Waals surface area contributed by atoms with Gasteiger partial charge in [0.2, 0.25) is 11.1 Å². The summed E-state index contributed by atoms with van der Waals surface area (Å²) in [6, 6.07) is 17.0. The van der Waals surface area contributed by atoms with Crippen molar-refractivity contribution >= 4 is 34.9 Å². The summed E-state index contributed by atoms with van der Waals surface area (Å²) in [7, 11) is 0. The van der Waals surface area contributed by atoms with Gasteiger partial charge >= 0.3 is 0 Å². The SMILES string of the molecule is O=C(CSc1nnc2ccc(-c3ccc(F)cc3)nn12)NCc1ccccc1Cl. The minimum absolute atomic E-state index is 0.152. The van der Waals surface area contributed by atoms with Crippen LogP contribution in [-0.2, 0) is 11.3 Å². The van der Waals surface area contributed by atoms with Crippen LogP contribution in [0.1, 0.15) is 5.56 Å². The van der Waals surface area contributed by atoms with Crippen LogP contribution in [0, 0.1) is 5.82 Å². The molecule has 1 amide bonds. The number of carbonyl (C=O) groups is 1. The van der Waals surface area contributed by atoms with E-state index in [4.69, 9.17) is 11.6 Å². The zero-order valence-electron chi connectivity index (χ0n) is 15.0. The molecule has 0 fully saturated rings. The Morgan fingerprint density at radius 3 is 2.66 bits per heavy atom. The van der Waals surface area contributed by atoms with Crippen LogP contribution in [0.5, 0.6) is 0 Å². The van der Waals surface area contributed by atoms with Gasteiger partial charge in [-0.2, -0.15) is 9.61 Å². The Morgan fingerprint density at radius 2 is 1.86 bits per heavy atom. The maximum atomic E-state index is 13.1. The molecule has 4 rings (SSSR count). The van der Waals surface area contributed by atoms with Crippen molar-refractivity contribution in [3.63, 3.8) is 0 Å². The molecule has 0 saturated heterocycles. The van der Waals surface area contributed by atoms with E-state index in [1.165, 1.54) is 23.9 Å². The van der Waals surface area contributed by atoms with Gasteiger partial charge in [0, 0.05) is 17.1 Å². The van der Waals surface area contributed by atoms with E-state index in [2.05, 4.69) is 20.6 Å². The molecule has 0 atom stereocenters. The molecule has 2 heterocycles. The molecule has 0 aliphatic heterocycles. The number of fused-ring (bicyclic) bond motifs is 1. The fourth-order valence-electron chi connectivity index (χ4n) is 2.65. The van der Waals surface area contributed by atoms with Crippen LogP contribution in [0.15, 0.2) is 65.8 Å². The largest absolute Gasteiger partial charge is 0.351 e. The van der Waals surface area contributed by atoms with Gasteiger partial charge in [0.15, 0.2) is 5.65 Å². The van der Waals surface area contributed by atoms with E-state index in [1.807, 2.05) is 18.2 Å². The molecular weight excluding hydrogens is 413 g/mol. The second-order valence-corrected chi connectivity index (χ2v) is 7.48. The summed E-state index contributed by atoms with van der Waals surface area (Å²) in [6.45, 7) is 0.354. The summed E-state index contributed by atoms with van der Waals surface area (Å²) in [5.74, 6) is -0.298.